The zero-order chi connectivity index (χ0) is 10.7. The summed E-state index contributed by atoms with van der Waals surface area (Å²) in [5, 5.41) is 0. The Bertz CT molecular complexity index is 209. The summed E-state index contributed by atoms with van der Waals surface area (Å²) in [7, 11) is 0. The SMILES string of the molecule is O=CC(=O)OCC(F)(F)C(F)(F)F. The number of ether oxygens (including phenoxy) is 1. The van der Waals surface area contributed by atoms with Crippen molar-refractivity contribution in [2.75, 3.05) is 6.61 Å². The quantitative estimate of drug-likeness (QED) is 0.298. The van der Waals surface area contributed by atoms with Crippen molar-refractivity contribution in [1.29, 1.82) is 0 Å². The first-order valence-corrected chi connectivity index (χ1v) is 2.77. The minimum atomic E-state index is -5.80. The minimum absolute atomic E-state index is 0.507. The maximum Gasteiger partial charge on any atom is 0.456 e. The molecular formula is C5H3F5O3. The van der Waals surface area contributed by atoms with Gasteiger partial charge in [0.2, 0.25) is 6.29 Å². The number of alkyl halides is 5. The van der Waals surface area contributed by atoms with E-state index < -0.39 is 31.0 Å². The van der Waals surface area contributed by atoms with Gasteiger partial charge in [-0.15, -0.1) is 0 Å². The van der Waals surface area contributed by atoms with Gasteiger partial charge < -0.3 is 4.74 Å². The molecule has 0 aromatic rings. The van der Waals surface area contributed by atoms with Gasteiger partial charge >= 0.3 is 18.1 Å². The van der Waals surface area contributed by atoms with Crippen LogP contribution in [0.4, 0.5) is 22.0 Å². The molecule has 0 fully saturated rings. The Hall–Kier alpha value is -1.21. The van der Waals surface area contributed by atoms with E-state index in [1.807, 2.05) is 0 Å². The molecule has 3 nitrogen and oxygen atoms in total. The number of carbonyl (C=O) groups is 2. The molecule has 8 heteroatoms. The first-order chi connectivity index (χ1) is 5.70. The van der Waals surface area contributed by atoms with E-state index in [1.54, 1.807) is 0 Å². The molecule has 0 N–H and O–H groups in total. The number of carbonyl (C=O) groups excluding carboxylic acids is 2. The van der Waals surface area contributed by atoms with Gasteiger partial charge in [0.15, 0.2) is 6.61 Å². The highest BCUT2D eigenvalue weighted by molar-refractivity contribution is 6.20. The second kappa shape index (κ2) is 3.67. The van der Waals surface area contributed by atoms with E-state index >= 15 is 0 Å². The molecule has 76 valence electrons. The second-order valence-corrected chi connectivity index (χ2v) is 1.93. The van der Waals surface area contributed by atoms with Crippen molar-refractivity contribution in [1.82, 2.24) is 0 Å². The lowest BCUT2D eigenvalue weighted by atomic mass is 10.3. The highest BCUT2D eigenvalue weighted by atomic mass is 19.4. The highest BCUT2D eigenvalue weighted by Gasteiger charge is 2.58. The maximum absolute atomic E-state index is 11.9. The van der Waals surface area contributed by atoms with E-state index in [4.69, 9.17) is 0 Å². The lowest BCUT2D eigenvalue weighted by Gasteiger charge is -2.18. The van der Waals surface area contributed by atoms with Crippen LogP contribution in [-0.2, 0) is 14.3 Å². The number of esters is 1. The summed E-state index contributed by atoms with van der Waals surface area (Å²) in [5.74, 6) is -6.91. The van der Waals surface area contributed by atoms with E-state index in [0.717, 1.165) is 0 Å². The molecule has 0 bridgehead atoms. The molecule has 13 heavy (non-hydrogen) atoms. The summed E-state index contributed by atoms with van der Waals surface area (Å²) in [4.78, 5) is 19.4. The van der Waals surface area contributed by atoms with E-state index in [9.17, 15) is 31.5 Å². The lowest BCUT2D eigenvalue weighted by Crippen LogP contribution is -2.41. The number of aldehydes is 1. The molecule has 0 amide bonds. The van der Waals surface area contributed by atoms with Gasteiger partial charge in [-0.3, -0.25) is 4.79 Å². The molecule has 0 radical (unpaired) electrons. The summed E-state index contributed by atoms with van der Waals surface area (Å²) in [6.07, 6.45) is -6.30. The van der Waals surface area contributed by atoms with Gasteiger partial charge in [0.1, 0.15) is 0 Å². The fourth-order valence-electron chi connectivity index (χ4n) is 0.278. The molecule has 0 spiro atoms. The van der Waals surface area contributed by atoms with Crippen molar-refractivity contribution in [3.8, 4) is 0 Å². The third-order valence-corrected chi connectivity index (χ3v) is 0.907. The van der Waals surface area contributed by atoms with Gasteiger partial charge in [0.05, 0.1) is 0 Å². The van der Waals surface area contributed by atoms with Crippen molar-refractivity contribution >= 4 is 12.3 Å². The normalized spacial score (nSPS) is 12.4. The molecule has 0 aliphatic carbocycles. The van der Waals surface area contributed by atoms with Crippen molar-refractivity contribution in [3.05, 3.63) is 0 Å². The second-order valence-electron chi connectivity index (χ2n) is 1.93. The van der Waals surface area contributed by atoms with Gasteiger partial charge in [-0.25, -0.2) is 4.79 Å². The van der Waals surface area contributed by atoms with E-state index in [1.165, 1.54) is 0 Å². The fourth-order valence-corrected chi connectivity index (χ4v) is 0.278. The monoisotopic (exact) mass is 206 g/mol. The minimum Gasteiger partial charge on any atom is -0.453 e. The summed E-state index contributed by atoms with van der Waals surface area (Å²) < 4.78 is 61.2. The van der Waals surface area contributed by atoms with Crippen LogP contribution in [0.15, 0.2) is 0 Å². The largest absolute Gasteiger partial charge is 0.456 e. The Morgan fingerprint density at radius 2 is 1.69 bits per heavy atom. The number of hydrogen-bond acceptors (Lipinski definition) is 3. The van der Waals surface area contributed by atoms with E-state index in [0.29, 0.717) is 0 Å². The van der Waals surface area contributed by atoms with Crippen LogP contribution in [0, 0.1) is 0 Å². The average Bonchev–Trinajstić information content (AvgIpc) is 1.98. The predicted molar refractivity (Wildman–Crippen MR) is 28.0 cm³/mol. The molecule has 0 heterocycles. The van der Waals surface area contributed by atoms with Crippen molar-refractivity contribution in [3.63, 3.8) is 0 Å². The predicted octanol–water partition coefficient (Wildman–Crippen LogP) is 0.926. The van der Waals surface area contributed by atoms with Crippen LogP contribution in [-0.4, -0.2) is 31.0 Å². The Kier molecular flexibility index (Phi) is 3.33. The number of halogens is 5. The molecule has 0 unspecified atom stereocenters. The molecule has 0 aromatic carbocycles. The molecule has 0 aliphatic heterocycles. The molecule has 0 saturated heterocycles. The van der Waals surface area contributed by atoms with Gasteiger partial charge in [0.25, 0.3) is 0 Å². The van der Waals surface area contributed by atoms with Crippen LogP contribution in [0.5, 0.6) is 0 Å². The number of hydrogen-bond donors (Lipinski definition) is 0. The maximum atomic E-state index is 11.9. The van der Waals surface area contributed by atoms with Crippen molar-refractivity contribution in [2.24, 2.45) is 0 Å². The summed E-state index contributed by atoms with van der Waals surface area (Å²) in [6, 6.07) is 0. The Morgan fingerprint density at radius 1 is 1.23 bits per heavy atom. The van der Waals surface area contributed by atoms with Crippen molar-refractivity contribution < 1.29 is 36.3 Å². The summed E-state index contributed by atoms with van der Waals surface area (Å²) in [5.41, 5.74) is 0. The average molecular weight is 206 g/mol. The van der Waals surface area contributed by atoms with Crippen LogP contribution in [0.25, 0.3) is 0 Å². The molecule has 0 saturated carbocycles. The highest BCUT2D eigenvalue weighted by Crippen LogP contribution is 2.35. The van der Waals surface area contributed by atoms with Crippen LogP contribution in [0.2, 0.25) is 0 Å². The van der Waals surface area contributed by atoms with Crippen LogP contribution >= 0.6 is 0 Å². The van der Waals surface area contributed by atoms with Gasteiger partial charge in [0, 0.05) is 0 Å². The lowest BCUT2D eigenvalue weighted by molar-refractivity contribution is -0.293. The Morgan fingerprint density at radius 3 is 2.00 bits per heavy atom. The summed E-state index contributed by atoms with van der Waals surface area (Å²) in [6.45, 7) is -2.19. The van der Waals surface area contributed by atoms with Gasteiger partial charge in [-0.05, 0) is 0 Å². The Balaban J connectivity index is 4.19. The van der Waals surface area contributed by atoms with Gasteiger partial charge in [-0.1, -0.05) is 0 Å². The topological polar surface area (TPSA) is 43.4 Å². The summed E-state index contributed by atoms with van der Waals surface area (Å²) >= 11 is 0. The zero-order valence-corrected chi connectivity index (χ0v) is 5.90. The third kappa shape index (κ3) is 3.34. The fraction of sp³-hybridized carbons (Fsp3) is 0.600. The van der Waals surface area contributed by atoms with E-state index in [-0.39, 0.29) is 0 Å². The van der Waals surface area contributed by atoms with Gasteiger partial charge in [-0.2, -0.15) is 22.0 Å². The Labute approximate surface area is 68.5 Å². The molecule has 0 rings (SSSR count). The molecule has 0 atom stereocenters. The van der Waals surface area contributed by atoms with Crippen LogP contribution in [0.1, 0.15) is 0 Å². The molecular weight excluding hydrogens is 203 g/mol. The standard InChI is InChI=1S/C5H3F5O3/c6-4(7,5(8,9)10)2-13-3(12)1-11/h1H,2H2. The third-order valence-electron chi connectivity index (χ3n) is 0.907. The zero-order valence-electron chi connectivity index (χ0n) is 5.90. The number of rotatable bonds is 3. The first-order valence-electron chi connectivity index (χ1n) is 2.77. The molecule has 0 aromatic heterocycles. The van der Waals surface area contributed by atoms with Crippen LogP contribution < -0.4 is 0 Å². The van der Waals surface area contributed by atoms with Crippen molar-refractivity contribution in [2.45, 2.75) is 12.1 Å². The first kappa shape index (κ1) is 11.8. The molecule has 0 aliphatic rings. The van der Waals surface area contributed by atoms with E-state index in [2.05, 4.69) is 4.74 Å². The van der Waals surface area contributed by atoms with Crippen LogP contribution in [0.3, 0.4) is 0 Å². The smallest absolute Gasteiger partial charge is 0.453 e.